The van der Waals surface area contributed by atoms with Gasteiger partial charge in [-0.15, -0.1) is 5.56 Å². The van der Waals surface area contributed by atoms with Crippen LogP contribution in [0.3, 0.4) is 0 Å². The molecule has 0 spiro atoms. The largest absolute Gasteiger partial charge is 4.00 e. The van der Waals surface area contributed by atoms with Crippen LogP contribution in [-0.2, 0) is 27.1 Å². The molecule has 5 aromatic carbocycles. The molecule has 0 N–H and O–H groups in total. The van der Waals surface area contributed by atoms with Crippen LogP contribution in [-0.4, -0.2) is 0 Å². The van der Waals surface area contributed by atoms with Crippen LogP contribution in [0.2, 0.25) is 0 Å². The van der Waals surface area contributed by atoms with Gasteiger partial charge in [-0.05, 0) is 16.7 Å². The fourth-order valence-corrected chi connectivity index (χ4v) is 4.55. The maximum Gasteiger partial charge on any atom is 4.00 e. The van der Waals surface area contributed by atoms with E-state index >= 15 is 0 Å². The second-order valence-corrected chi connectivity index (χ2v) is 7.60. The minimum atomic E-state index is -0.378. The van der Waals surface area contributed by atoms with E-state index in [0.29, 0.717) is 0 Å². The molecule has 0 saturated heterocycles. The van der Waals surface area contributed by atoms with Gasteiger partial charge in [0, 0.05) is 5.41 Å². The molecule has 0 bridgehead atoms. The Morgan fingerprint density at radius 1 is 0.412 bits per heavy atom. The molecular weight excluding hydrogens is 515 g/mol. The maximum absolute atomic E-state index is 2.35. The van der Waals surface area contributed by atoms with E-state index < -0.39 is 0 Å². The third-order valence-corrected chi connectivity index (χ3v) is 5.91. The van der Waals surface area contributed by atoms with E-state index in [-0.39, 0.29) is 64.4 Å². The van der Waals surface area contributed by atoms with Crippen molar-refractivity contribution in [3.63, 3.8) is 0 Å². The third kappa shape index (κ3) is 5.54. The van der Waals surface area contributed by atoms with Crippen molar-refractivity contribution in [3.05, 3.63) is 162 Å². The summed E-state index contributed by atoms with van der Waals surface area (Å²) in [5.41, 5.74) is 7.21. The van der Waals surface area contributed by atoms with Crippen LogP contribution >= 0.6 is 0 Å². The topological polar surface area (TPSA) is 0 Å². The van der Waals surface area contributed by atoms with Crippen LogP contribution in [0.25, 0.3) is 11.1 Å². The molecule has 168 valence electrons. The van der Waals surface area contributed by atoms with Crippen molar-refractivity contribution in [3.8, 4) is 11.1 Å². The summed E-state index contributed by atoms with van der Waals surface area (Å²) in [6, 6.07) is 50.0. The van der Waals surface area contributed by atoms with E-state index in [1.165, 1.54) is 33.4 Å². The smallest absolute Gasteiger partial charge is 1.00 e. The predicted octanol–water partition coefficient (Wildman–Crippen LogP) is -1.54. The van der Waals surface area contributed by atoms with Gasteiger partial charge < -0.3 is 37.2 Å². The SMILES string of the molecule is [Cl-].[Cl-].[Cl-].[Ti+4].c1ccc(-c2cc[c-](C(c3ccccc3)(c3ccccc3)c3ccccc3)c2)cc1. The molecule has 0 aliphatic carbocycles. The first-order chi connectivity index (χ1) is 14.9. The normalized spacial score (nSPS) is 10.0. The first-order valence-corrected chi connectivity index (χ1v) is 10.4. The number of hydrogen-bond acceptors (Lipinski definition) is 0. The molecule has 4 heteroatoms. The van der Waals surface area contributed by atoms with Gasteiger partial charge in [-0.25, -0.2) is 6.07 Å². The molecule has 0 amide bonds. The summed E-state index contributed by atoms with van der Waals surface area (Å²) in [4.78, 5) is 0. The van der Waals surface area contributed by atoms with Gasteiger partial charge in [0.15, 0.2) is 0 Å². The van der Waals surface area contributed by atoms with E-state index in [2.05, 4.69) is 140 Å². The van der Waals surface area contributed by atoms with Gasteiger partial charge in [-0.1, -0.05) is 127 Å². The molecule has 0 aromatic heterocycles. The Hall–Kier alpha value is -2.19. The summed E-state index contributed by atoms with van der Waals surface area (Å²) >= 11 is 0. The Bertz CT molecular complexity index is 1120. The summed E-state index contributed by atoms with van der Waals surface area (Å²) in [6.45, 7) is 0. The zero-order valence-corrected chi connectivity index (χ0v) is 22.2. The summed E-state index contributed by atoms with van der Waals surface area (Å²) < 4.78 is 0. The van der Waals surface area contributed by atoms with Crippen molar-refractivity contribution in [2.45, 2.75) is 5.41 Å². The number of rotatable bonds is 5. The van der Waals surface area contributed by atoms with Crippen LogP contribution in [0.5, 0.6) is 0 Å². The van der Waals surface area contributed by atoms with Gasteiger partial charge in [0.05, 0.1) is 0 Å². The van der Waals surface area contributed by atoms with Crippen LogP contribution < -0.4 is 37.2 Å². The Balaban J connectivity index is 0.00000144. The summed E-state index contributed by atoms with van der Waals surface area (Å²) in [5.74, 6) is 0. The summed E-state index contributed by atoms with van der Waals surface area (Å²) in [7, 11) is 0. The van der Waals surface area contributed by atoms with Gasteiger partial charge in [-0.2, -0.15) is 17.7 Å². The second kappa shape index (κ2) is 13.6. The quantitative estimate of drug-likeness (QED) is 0.145. The molecule has 34 heavy (non-hydrogen) atoms. The van der Waals surface area contributed by atoms with E-state index in [0.717, 1.165) is 0 Å². The molecule has 5 aromatic rings. The zero-order chi connectivity index (χ0) is 20.2. The van der Waals surface area contributed by atoms with Crippen LogP contribution in [0.15, 0.2) is 140 Å². The predicted molar refractivity (Wildman–Crippen MR) is 126 cm³/mol. The fraction of sp³-hybridized carbons (Fsp3) is 0.0333. The summed E-state index contributed by atoms with van der Waals surface area (Å²) in [6.07, 6.45) is 0. The van der Waals surface area contributed by atoms with Gasteiger partial charge in [0.25, 0.3) is 0 Å². The molecule has 0 saturated carbocycles. The molecule has 0 radical (unpaired) electrons. The zero-order valence-electron chi connectivity index (χ0n) is 18.4. The minimum Gasteiger partial charge on any atom is -1.00 e. The van der Waals surface area contributed by atoms with E-state index in [1.807, 2.05) is 0 Å². The Labute approximate surface area is 235 Å². The average Bonchev–Trinajstić information content (AvgIpc) is 3.33. The maximum atomic E-state index is 2.35. The third-order valence-electron chi connectivity index (χ3n) is 5.91. The average molecular weight is 538 g/mol. The molecule has 5 rings (SSSR count). The minimum absolute atomic E-state index is 0. The van der Waals surface area contributed by atoms with Crippen LogP contribution in [0, 0.1) is 0 Å². The van der Waals surface area contributed by atoms with Gasteiger partial charge in [0.1, 0.15) is 0 Å². The molecule has 0 nitrogen and oxygen atoms in total. The number of hydrogen-bond donors (Lipinski definition) is 0. The summed E-state index contributed by atoms with van der Waals surface area (Å²) in [5, 5.41) is 0. The molecule has 0 unspecified atom stereocenters. The van der Waals surface area contributed by atoms with E-state index in [9.17, 15) is 0 Å². The van der Waals surface area contributed by atoms with E-state index in [1.54, 1.807) is 0 Å². The Morgan fingerprint density at radius 2 is 0.765 bits per heavy atom. The van der Waals surface area contributed by atoms with Crippen molar-refractivity contribution in [2.75, 3.05) is 0 Å². The Kier molecular flexibility index (Phi) is 12.0. The second-order valence-electron chi connectivity index (χ2n) is 7.60. The first-order valence-electron chi connectivity index (χ1n) is 10.4. The fourth-order valence-electron chi connectivity index (χ4n) is 4.55. The molecule has 0 aliphatic rings. The van der Waals surface area contributed by atoms with Crippen molar-refractivity contribution < 1.29 is 58.9 Å². The molecule has 0 fully saturated rings. The van der Waals surface area contributed by atoms with Crippen LogP contribution in [0.1, 0.15) is 22.3 Å². The number of halogens is 3. The van der Waals surface area contributed by atoms with Gasteiger partial charge in [-0.3, -0.25) is 0 Å². The molecule has 0 heterocycles. The van der Waals surface area contributed by atoms with Crippen LogP contribution in [0.4, 0.5) is 0 Å². The van der Waals surface area contributed by atoms with E-state index in [4.69, 9.17) is 0 Å². The van der Waals surface area contributed by atoms with Crippen molar-refractivity contribution in [1.29, 1.82) is 0 Å². The van der Waals surface area contributed by atoms with Gasteiger partial charge >= 0.3 is 21.7 Å². The Morgan fingerprint density at radius 3 is 1.15 bits per heavy atom. The van der Waals surface area contributed by atoms with Crippen molar-refractivity contribution >= 4 is 0 Å². The van der Waals surface area contributed by atoms with Crippen molar-refractivity contribution in [2.24, 2.45) is 0 Å². The monoisotopic (exact) mass is 536 g/mol. The molecule has 0 atom stereocenters. The number of benzene rings is 4. The molecule has 0 aliphatic heterocycles. The first kappa shape index (κ1) is 29.8. The molecular formula is C30H23Cl3Ti. The van der Waals surface area contributed by atoms with Crippen molar-refractivity contribution in [1.82, 2.24) is 0 Å². The van der Waals surface area contributed by atoms with Gasteiger partial charge in [0.2, 0.25) is 0 Å². The standard InChI is InChI=1S/C30H23.3ClH.Ti/c1-5-13-24(14-6-1)25-21-22-29(23-25)30(26-15-7-2-8-16-26,27-17-9-3-10-18-27)28-19-11-4-12-20-28;;;;/h1-23H;3*1H;/q-1;;;;+4/p-3.